The maximum absolute atomic E-state index is 13.2. The summed E-state index contributed by atoms with van der Waals surface area (Å²) in [5, 5.41) is 7.23. The molecular formula is C50H68N6O5. The molecule has 0 bridgehead atoms. The van der Waals surface area contributed by atoms with E-state index in [0.29, 0.717) is 17.8 Å². The highest BCUT2D eigenvalue weighted by Gasteiger charge is 2.45. The van der Waals surface area contributed by atoms with Gasteiger partial charge in [0.2, 0.25) is 0 Å². The molecular weight excluding hydrogens is 765 g/mol. The van der Waals surface area contributed by atoms with Gasteiger partial charge in [0.25, 0.3) is 0 Å². The van der Waals surface area contributed by atoms with Gasteiger partial charge in [-0.15, -0.1) is 0 Å². The lowest BCUT2D eigenvalue weighted by Gasteiger charge is -2.48. The van der Waals surface area contributed by atoms with Crippen molar-refractivity contribution in [2.75, 3.05) is 44.7 Å². The van der Waals surface area contributed by atoms with Gasteiger partial charge < -0.3 is 28.7 Å². The fourth-order valence-corrected chi connectivity index (χ4v) is 11.3. The second-order valence-corrected chi connectivity index (χ2v) is 20.9. The lowest BCUT2D eigenvalue weighted by atomic mass is 9.62. The summed E-state index contributed by atoms with van der Waals surface area (Å²) < 4.78 is 28.4. The minimum absolute atomic E-state index is 0.0264. The molecule has 3 saturated carbocycles. The van der Waals surface area contributed by atoms with Crippen LogP contribution in [0.2, 0.25) is 0 Å². The zero-order valence-corrected chi connectivity index (χ0v) is 37.6. The smallest absolute Gasteiger partial charge is 0.319 e. The molecule has 0 N–H and O–H groups in total. The third kappa shape index (κ3) is 8.23. The van der Waals surface area contributed by atoms with Crippen LogP contribution in [0, 0.1) is 24.2 Å². The van der Waals surface area contributed by atoms with Gasteiger partial charge in [0, 0.05) is 49.1 Å². The largest absolute Gasteiger partial charge is 0.487 e. The molecule has 1 spiro atoms. The number of hydrogen-bond donors (Lipinski definition) is 0. The van der Waals surface area contributed by atoms with Gasteiger partial charge in [-0.1, -0.05) is 13.0 Å². The number of piperidine rings is 2. The number of esters is 1. The molecule has 3 unspecified atom stereocenters. The average Bonchev–Trinajstić information content (AvgIpc) is 3.98. The normalized spacial score (nSPS) is 25.5. The zero-order valence-electron chi connectivity index (χ0n) is 37.6. The summed E-state index contributed by atoms with van der Waals surface area (Å²) in [4.78, 5) is 28.9. The zero-order chi connectivity index (χ0) is 42.0. The van der Waals surface area contributed by atoms with Gasteiger partial charge >= 0.3 is 12.0 Å². The molecule has 61 heavy (non-hydrogen) atoms. The van der Waals surface area contributed by atoms with Crippen molar-refractivity contribution < 1.29 is 23.7 Å². The minimum atomic E-state index is -0.463. The molecule has 5 heterocycles. The second-order valence-electron chi connectivity index (χ2n) is 20.9. The number of fused-ring (bicyclic) bond motifs is 2. The van der Waals surface area contributed by atoms with Crippen molar-refractivity contribution >= 4 is 33.6 Å². The van der Waals surface area contributed by atoms with E-state index in [-0.39, 0.29) is 35.7 Å². The van der Waals surface area contributed by atoms with Gasteiger partial charge in [0.05, 0.1) is 23.7 Å². The van der Waals surface area contributed by atoms with E-state index < -0.39 is 5.60 Å². The second kappa shape index (κ2) is 16.3. The van der Waals surface area contributed by atoms with Crippen LogP contribution in [0.3, 0.4) is 0 Å². The molecule has 3 saturated heterocycles. The van der Waals surface area contributed by atoms with Crippen LogP contribution < -0.4 is 14.4 Å². The van der Waals surface area contributed by atoms with Crippen LogP contribution in [-0.2, 0) is 14.3 Å². The molecule has 6 fully saturated rings. The highest BCUT2D eigenvalue weighted by molar-refractivity contribution is 6.06. The van der Waals surface area contributed by atoms with Gasteiger partial charge in [-0.2, -0.15) is 15.1 Å². The standard InChI is InChI=1S/C50H68N6O5/c1-31-13-16-40-39(30-51-56(40)41-12-7-8-27-58-41)42(31)43-37(33-14-15-33)28-38-44(45(43)59-34-10-9-11-34)52-48(60-35-18-23-54(6)24-19-35)53-46(38)55-25-21-50(22-26-55)20-17-36(32(2)29-50)47(57)61-49(3,4)5/h13,16,28,30,32-36,41H,7-12,14-15,17-27,29H2,1-6H3. The van der Waals surface area contributed by atoms with Gasteiger partial charge in [-0.25, -0.2) is 4.68 Å². The Morgan fingerprint density at radius 2 is 1.62 bits per heavy atom. The first-order valence-corrected chi connectivity index (χ1v) is 23.9. The Morgan fingerprint density at radius 3 is 2.30 bits per heavy atom. The SMILES string of the molecule is Cc1ccc2c(cnn2C2CCCCO2)c1-c1c(C2CC2)cc2c(N3CCC4(CCC(C(=O)OC(C)(C)C)C(C)C4)CC3)nc(OC3CCN(C)CC3)nc2c1OC1CCC1. The molecule has 0 amide bonds. The third-order valence-corrected chi connectivity index (χ3v) is 15.2. The number of nitrogens with zero attached hydrogens (tertiary/aromatic N) is 6. The molecule has 3 aliphatic heterocycles. The van der Waals surface area contributed by atoms with E-state index in [9.17, 15) is 4.79 Å². The van der Waals surface area contributed by atoms with Crippen molar-refractivity contribution in [3.05, 3.63) is 35.5 Å². The van der Waals surface area contributed by atoms with Gasteiger partial charge in [-0.3, -0.25) is 4.79 Å². The maximum atomic E-state index is 13.2. The minimum Gasteiger partial charge on any atom is -0.487 e. The summed E-state index contributed by atoms with van der Waals surface area (Å²) in [5.41, 5.74) is 6.67. The van der Waals surface area contributed by atoms with Crippen molar-refractivity contribution in [1.82, 2.24) is 24.6 Å². The van der Waals surface area contributed by atoms with Crippen molar-refractivity contribution in [2.24, 2.45) is 17.3 Å². The molecule has 328 valence electrons. The molecule has 11 heteroatoms. The van der Waals surface area contributed by atoms with Crippen molar-refractivity contribution in [2.45, 2.75) is 161 Å². The van der Waals surface area contributed by atoms with Crippen LogP contribution in [0.15, 0.2) is 24.4 Å². The van der Waals surface area contributed by atoms with E-state index in [1.165, 1.54) is 28.7 Å². The average molecular weight is 833 g/mol. The number of likely N-dealkylation sites (tertiary alicyclic amines) is 1. The van der Waals surface area contributed by atoms with E-state index in [2.05, 4.69) is 59.8 Å². The van der Waals surface area contributed by atoms with Gasteiger partial charge in [0.15, 0.2) is 12.0 Å². The summed E-state index contributed by atoms with van der Waals surface area (Å²) >= 11 is 0. The fourth-order valence-electron chi connectivity index (χ4n) is 11.3. The van der Waals surface area contributed by atoms with E-state index in [4.69, 9.17) is 34.0 Å². The topological polar surface area (TPSA) is 104 Å². The monoisotopic (exact) mass is 833 g/mol. The highest BCUT2D eigenvalue weighted by atomic mass is 16.6. The van der Waals surface area contributed by atoms with E-state index >= 15 is 0 Å². The van der Waals surface area contributed by atoms with Gasteiger partial charge in [0.1, 0.15) is 23.0 Å². The molecule has 11 nitrogen and oxygen atoms in total. The first-order chi connectivity index (χ1) is 29.4. The molecule has 4 aromatic rings. The van der Waals surface area contributed by atoms with Crippen molar-refractivity contribution in [3.8, 4) is 22.9 Å². The van der Waals surface area contributed by atoms with Crippen molar-refractivity contribution in [3.63, 3.8) is 0 Å². The van der Waals surface area contributed by atoms with E-state index in [0.717, 1.165) is 156 Å². The Labute approximate surface area is 362 Å². The quantitative estimate of drug-likeness (QED) is 0.151. The number of ether oxygens (including phenoxy) is 4. The van der Waals surface area contributed by atoms with E-state index in [1.54, 1.807) is 0 Å². The Hall–Kier alpha value is -3.96. The molecule has 0 radical (unpaired) electrons. The van der Waals surface area contributed by atoms with E-state index in [1.807, 2.05) is 20.8 Å². The summed E-state index contributed by atoms with van der Waals surface area (Å²) in [6.07, 6.45) is 18.1. The number of benzene rings is 2. The third-order valence-electron chi connectivity index (χ3n) is 15.2. The molecule has 2 aromatic heterocycles. The highest BCUT2D eigenvalue weighted by Crippen LogP contribution is 2.55. The Balaban J connectivity index is 1.07. The summed E-state index contributed by atoms with van der Waals surface area (Å²) in [7, 11) is 2.19. The Morgan fingerprint density at radius 1 is 0.852 bits per heavy atom. The van der Waals surface area contributed by atoms with Crippen molar-refractivity contribution in [1.29, 1.82) is 0 Å². The Kier molecular flexibility index (Phi) is 11.0. The first-order valence-electron chi connectivity index (χ1n) is 23.9. The summed E-state index contributed by atoms with van der Waals surface area (Å²) in [6, 6.07) is 7.39. The van der Waals surface area contributed by atoms with Crippen LogP contribution in [-0.4, -0.2) is 88.3 Å². The number of aromatic nitrogens is 4. The predicted molar refractivity (Wildman–Crippen MR) is 239 cm³/mol. The number of carbonyl (C=O) groups is 1. The number of carbonyl (C=O) groups excluding carboxylic acids is 1. The number of hydrogen-bond acceptors (Lipinski definition) is 10. The molecule has 3 aliphatic carbocycles. The molecule has 3 atom stereocenters. The molecule has 6 aliphatic rings. The summed E-state index contributed by atoms with van der Waals surface area (Å²) in [6.45, 7) is 15.0. The fraction of sp³-hybridized carbons (Fsp3) is 0.680. The van der Waals surface area contributed by atoms with Crippen LogP contribution in [0.1, 0.15) is 147 Å². The van der Waals surface area contributed by atoms with Crippen LogP contribution >= 0.6 is 0 Å². The predicted octanol–water partition coefficient (Wildman–Crippen LogP) is 10.3. The lowest BCUT2D eigenvalue weighted by Crippen LogP contribution is -2.45. The number of aryl methyl sites for hydroxylation is 1. The van der Waals surface area contributed by atoms with Crippen LogP contribution in [0.5, 0.6) is 11.8 Å². The number of rotatable bonds is 9. The molecule has 10 rings (SSSR count). The van der Waals surface area contributed by atoms with Gasteiger partial charge in [-0.05, 0) is 177 Å². The first kappa shape index (κ1) is 41.1. The van der Waals surface area contributed by atoms with Crippen LogP contribution in [0.4, 0.5) is 5.82 Å². The summed E-state index contributed by atoms with van der Waals surface area (Å²) in [5.74, 6) is 2.56. The Bertz CT molecular complexity index is 2250. The lowest BCUT2D eigenvalue weighted by molar-refractivity contribution is -0.164. The van der Waals surface area contributed by atoms with Crippen LogP contribution in [0.25, 0.3) is 32.9 Å². The number of anilines is 1. The molecule has 2 aromatic carbocycles. The maximum Gasteiger partial charge on any atom is 0.319 e.